The Kier molecular flexibility index (Phi) is 6.78. The van der Waals surface area contributed by atoms with E-state index < -0.39 is 0 Å². The Morgan fingerprint density at radius 1 is 1.25 bits per heavy atom. The van der Waals surface area contributed by atoms with Gasteiger partial charge in [0.25, 0.3) is 5.56 Å². The number of benzene rings is 1. The molecule has 6 nitrogen and oxygen atoms in total. The summed E-state index contributed by atoms with van der Waals surface area (Å²) in [4.78, 5) is 22.3. The van der Waals surface area contributed by atoms with Gasteiger partial charge in [0.1, 0.15) is 0 Å². The molecule has 3 rings (SSSR count). The molecule has 1 aromatic carbocycles. The van der Waals surface area contributed by atoms with Gasteiger partial charge in [0.15, 0.2) is 11.0 Å². The molecule has 28 heavy (non-hydrogen) atoms. The van der Waals surface area contributed by atoms with Gasteiger partial charge in [-0.05, 0) is 43.9 Å². The first-order chi connectivity index (χ1) is 13.4. The summed E-state index contributed by atoms with van der Waals surface area (Å²) in [5, 5.41) is 5.68. The first kappa shape index (κ1) is 20.9. The number of halogens is 1. The lowest BCUT2D eigenvalue weighted by molar-refractivity contribution is 0.374. The normalized spacial score (nSPS) is 12.8. The van der Waals surface area contributed by atoms with Crippen molar-refractivity contribution in [3.05, 3.63) is 45.3 Å². The van der Waals surface area contributed by atoms with Crippen LogP contribution < -0.4 is 5.56 Å². The standard InChI is InChI=1S/C20H25ClN4O2S/c1-5-6-17-23-18(27-24-17)13(4)28-20-22-16-11-14(21)7-8-15(16)19(26)25(20)10-9-12(2)3/h7-8,11-13H,5-6,9-10H2,1-4H3. The molecule has 0 saturated carbocycles. The Morgan fingerprint density at radius 3 is 2.75 bits per heavy atom. The lowest BCUT2D eigenvalue weighted by Gasteiger charge is -2.15. The molecule has 0 aliphatic carbocycles. The summed E-state index contributed by atoms with van der Waals surface area (Å²) >= 11 is 7.56. The van der Waals surface area contributed by atoms with Crippen LogP contribution in [0.5, 0.6) is 0 Å². The third kappa shape index (κ3) is 4.75. The summed E-state index contributed by atoms with van der Waals surface area (Å²) in [5.74, 6) is 1.74. The maximum absolute atomic E-state index is 13.1. The fraction of sp³-hybridized carbons (Fsp3) is 0.500. The van der Waals surface area contributed by atoms with E-state index in [1.165, 1.54) is 11.8 Å². The highest BCUT2D eigenvalue weighted by Gasteiger charge is 2.20. The zero-order chi connectivity index (χ0) is 20.3. The number of hydrogen-bond donors (Lipinski definition) is 0. The molecule has 0 radical (unpaired) electrons. The Balaban J connectivity index is 1.98. The quantitative estimate of drug-likeness (QED) is 0.364. The first-order valence-electron chi connectivity index (χ1n) is 9.58. The van der Waals surface area contributed by atoms with Crippen molar-refractivity contribution in [1.82, 2.24) is 19.7 Å². The Hall–Kier alpha value is -1.86. The lowest BCUT2D eigenvalue weighted by Crippen LogP contribution is -2.24. The molecule has 1 atom stereocenters. The molecule has 0 amide bonds. The van der Waals surface area contributed by atoms with E-state index >= 15 is 0 Å². The summed E-state index contributed by atoms with van der Waals surface area (Å²) in [7, 11) is 0. The fourth-order valence-corrected chi connectivity index (χ4v) is 3.95. The van der Waals surface area contributed by atoms with Crippen LogP contribution in [-0.2, 0) is 13.0 Å². The summed E-state index contributed by atoms with van der Waals surface area (Å²) in [6.45, 7) is 8.95. The van der Waals surface area contributed by atoms with Gasteiger partial charge in [-0.1, -0.05) is 49.3 Å². The number of nitrogens with zero attached hydrogens (tertiary/aromatic N) is 4. The Bertz CT molecular complexity index is 1020. The van der Waals surface area contributed by atoms with Crippen molar-refractivity contribution in [1.29, 1.82) is 0 Å². The molecule has 3 aromatic rings. The van der Waals surface area contributed by atoms with E-state index in [0.717, 1.165) is 19.3 Å². The van der Waals surface area contributed by atoms with E-state index in [1.807, 2.05) is 6.92 Å². The van der Waals surface area contributed by atoms with Crippen LogP contribution >= 0.6 is 23.4 Å². The highest BCUT2D eigenvalue weighted by atomic mass is 35.5. The van der Waals surface area contributed by atoms with Crippen LogP contribution in [0.3, 0.4) is 0 Å². The predicted molar refractivity (Wildman–Crippen MR) is 113 cm³/mol. The van der Waals surface area contributed by atoms with Crippen LogP contribution in [0.1, 0.15) is 57.5 Å². The number of thioether (sulfide) groups is 1. The van der Waals surface area contributed by atoms with Crippen LogP contribution in [0, 0.1) is 5.92 Å². The van der Waals surface area contributed by atoms with Crippen molar-refractivity contribution >= 4 is 34.3 Å². The SMILES string of the molecule is CCCc1noc(C(C)Sc2nc3cc(Cl)ccc3c(=O)n2CCC(C)C)n1. The molecule has 0 spiro atoms. The molecule has 0 aliphatic heterocycles. The second-order valence-corrected chi connectivity index (χ2v) is 9.00. The number of fused-ring (bicyclic) bond motifs is 1. The fourth-order valence-electron chi connectivity index (χ4n) is 2.81. The molecule has 1 unspecified atom stereocenters. The van der Waals surface area contributed by atoms with Crippen molar-refractivity contribution < 1.29 is 4.52 Å². The minimum Gasteiger partial charge on any atom is -0.338 e. The molecular formula is C20H25ClN4O2S. The molecule has 0 bridgehead atoms. The molecule has 0 aliphatic rings. The smallest absolute Gasteiger partial charge is 0.262 e. The molecule has 0 saturated heterocycles. The Labute approximate surface area is 173 Å². The second-order valence-electron chi connectivity index (χ2n) is 7.25. The van der Waals surface area contributed by atoms with Gasteiger partial charge in [-0.2, -0.15) is 4.98 Å². The highest BCUT2D eigenvalue weighted by Crippen LogP contribution is 2.33. The van der Waals surface area contributed by atoms with E-state index in [-0.39, 0.29) is 10.8 Å². The highest BCUT2D eigenvalue weighted by molar-refractivity contribution is 7.99. The van der Waals surface area contributed by atoms with Gasteiger partial charge in [0.2, 0.25) is 5.89 Å². The summed E-state index contributed by atoms with van der Waals surface area (Å²) in [6, 6.07) is 5.19. The van der Waals surface area contributed by atoms with Crippen LogP contribution in [-0.4, -0.2) is 19.7 Å². The summed E-state index contributed by atoms with van der Waals surface area (Å²) < 4.78 is 7.16. The van der Waals surface area contributed by atoms with Crippen molar-refractivity contribution in [2.24, 2.45) is 5.92 Å². The third-order valence-corrected chi connectivity index (χ3v) is 5.71. The monoisotopic (exact) mass is 420 g/mol. The van der Waals surface area contributed by atoms with Crippen LogP contribution in [0.25, 0.3) is 10.9 Å². The van der Waals surface area contributed by atoms with E-state index in [0.29, 0.717) is 45.3 Å². The second kappa shape index (κ2) is 9.09. The average molecular weight is 421 g/mol. The van der Waals surface area contributed by atoms with Crippen LogP contribution in [0.15, 0.2) is 32.7 Å². The molecule has 0 fully saturated rings. The van der Waals surface area contributed by atoms with Gasteiger partial charge >= 0.3 is 0 Å². The molecule has 150 valence electrons. The van der Waals surface area contributed by atoms with E-state index in [9.17, 15) is 4.79 Å². The summed E-state index contributed by atoms with van der Waals surface area (Å²) in [5.41, 5.74) is 0.555. The van der Waals surface area contributed by atoms with Crippen molar-refractivity contribution in [2.45, 2.75) is 63.9 Å². The summed E-state index contributed by atoms with van der Waals surface area (Å²) in [6.07, 6.45) is 2.64. The van der Waals surface area contributed by atoms with Gasteiger partial charge in [0, 0.05) is 18.0 Å². The van der Waals surface area contributed by atoms with E-state index in [1.54, 1.807) is 22.8 Å². The average Bonchev–Trinajstić information content (AvgIpc) is 3.10. The van der Waals surface area contributed by atoms with Crippen molar-refractivity contribution in [3.63, 3.8) is 0 Å². The maximum Gasteiger partial charge on any atom is 0.262 e. The van der Waals surface area contributed by atoms with Crippen molar-refractivity contribution in [2.75, 3.05) is 0 Å². The van der Waals surface area contributed by atoms with Gasteiger partial charge in [-0.3, -0.25) is 9.36 Å². The Morgan fingerprint density at radius 2 is 2.04 bits per heavy atom. The topological polar surface area (TPSA) is 73.8 Å². The predicted octanol–water partition coefficient (Wildman–Crippen LogP) is 5.28. The molecule has 2 aromatic heterocycles. The number of aromatic nitrogens is 4. The van der Waals surface area contributed by atoms with Gasteiger partial charge in [0.05, 0.1) is 16.2 Å². The van der Waals surface area contributed by atoms with Crippen LogP contribution in [0.2, 0.25) is 5.02 Å². The van der Waals surface area contributed by atoms with Gasteiger partial charge in [-0.25, -0.2) is 4.98 Å². The maximum atomic E-state index is 13.1. The lowest BCUT2D eigenvalue weighted by atomic mass is 10.1. The van der Waals surface area contributed by atoms with Crippen LogP contribution in [0.4, 0.5) is 0 Å². The molecule has 0 N–H and O–H groups in total. The largest absolute Gasteiger partial charge is 0.338 e. The minimum atomic E-state index is -0.119. The van der Waals surface area contributed by atoms with Gasteiger partial charge in [-0.15, -0.1) is 0 Å². The number of rotatable bonds is 8. The molecule has 2 heterocycles. The molecule has 8 heteroatoms. The van der Waals surface area contributed by atoms with E-state index in [2.05, 4.69) is 30.9 Å². The third-order valence-electron chi connectivity index (χ3n) is 4.40. The molecular weight excluding hydrogens is 396 g/mol. The number of aryl methyl sites for hydroxylation is 1. The van der Waals surface area contributed by atoms with Gasteiger partial charge < -0.3 is 4.52 Å². The zero-order valence-electron chi connectivity index (χ0n) is 16.6. The van der Waals surface area contributed by atoms with E-state index in [4.69, 9.17) is 21.1 Å². The first-order valence-corrected chi connectivity index (χ1v) is 10.8. The van der Waals surface area contributed by atoms with Crippen molar-refractivity contribution in [3.8, 4) is 0 Å². The zero-order valence-corrected chi connectivity index (χ0v) is 18.2. The minimum absolute atomic E-state index is 0.0470. The number of hydrogen-bond acceptors (Lipinski definition) is 6.